The first-order valence-corrected chi connectivity index (χ1v) is 7.86. The van der Waals surface area contributed by atoms with E-state index in [1.165, 1.54) is 0 Å². The minimum Gasteiger partial charge on any atom is -0.396 e. The van der Waals surface area contributed by atoms with Crippen LogP contribution in [0.3, 0.4) is 0 Å². The number of amides is 1. The van der Waals surface area contributed by atoms with E-state index in [4.69, 9.17) is 5.11 Å². The number of pyridine rings is 1. The maximum Gasteiger partial charge on any atom is 0.257 e. The Bertz CT molecular complexity index is 617. The minimum absolute atomic E-state index is 0.152. The van der Waals surface area contributed by atoms with Crippen LogP contribution in [0.1, 0.15) is 21.5 Å². The standard InChI is InChI=1S/C16H18N2O2S/c1-12-4-2-3-5-14(12)16(20)18-15-10-13(6-7-17-15)11-21-9-8-19/h2-7,10,19H,8-9,11H2,1H3,(H,17,18,20). The molecule has 0 unspecified atom stereocenters. The van der Waals surface area contributed by atoms with Crippen molar-refractivity contribution in [2.24, 2.45) is 0 Å². The molecule has 0 spiro atoms. The molecule has 0 saturated carbocycles. The maximum absolute atomic E-state index is 12.2. The Kier molecular flexibility index (Phi) is 5.78. The number of nitrogens with one attached hydrogen (secondary N) is 1. The Labute approximate surface area is 128 Å². The number of benzene rings is 1. The van der Waals surface area contributed by atoms with E-state index in [9.17, 15) is 4.79 Å². The third-order valence-corrected chi connectivity index (χ3v) is 3.97. The zero-order valence-electron chi connectivity index (χ0n) is 11.9. The van der Waals surface area contributed by atoms with Crippen molar-refractivity contribution in [2.45, 2.75) is 12.7 Å². The molecule has 2 N–H and O–H groups in total. The summed E-state index contributed by atoms with van der Waals surface area (Å²) in [4.78, 5) is 16.4. The normalized spacial score (nSPS) is 10.4. The van der Waals surface area contributed by atoms with Gasteiger partial charge in [-0.1, -0.05) is 18.2 Å². The first-order valence-electron chi connectivity index (χ1n) is 6.71. The van der Waals surface area contributed by atoms with Gasteiger partial charge < -0.3 is 10.4 Å². The fraction of sp³-hybridized carbons (Fsp3) is 0.250. The van der Waals surface area contributed by atoms with E-state index in [-0.39, 0.29) is 12.5 Å². The van der Waals surface area contributed by atoms with Crippen LogP contribution < -0.4 is 5.32 Å². The van der Waals surface area contributed by atoms with Crippen LogP contribution in [0.5, 0.6) is 0 Å². The summed E-state index contributed by atoms with van der Waals surface area (Å²) in [6.45, 7) is 2.08. The number of carbonyl (C=O) groups excluding carboxylic acids is 1. The summed E-state index contributed by atoms with van der Waals surface area (Å²) in [5.41, 5.74) is 2.66. The minimum atomic E-state index is -0.152. The summed E-state index contributed by atoms with van der Waals surface area (Å²) in [5, 5.41) is 11.6. The Balaban J connectivity index is 2.04. The lowest BCUT2D eigenvalue weighted by atomic mass is 10.1. The summed E-state index contributed by atoms with van der Waals surface area (Å²) in [6, 6.07) is 11.2. The monoisotopic (exact) mass is 302 g/mol. The van der Waals surface area contributed by atoms with Gasteiger partial charge in [0.15, 0.2) is 0 Å². The summed E-state index contributed by atoms with van der Waals surface area (Å²) >= 11 is 1.64. The van der Waals surface area contributed by atoms with Gasteiger partial charge in [0.2, 0.25) is 0 Å². The first-order chi connectivity index (χ1) is 10.2. The number of hydrogen-bond donors (Lipinski definition) is 2. The van der Waals surface area contributed by atoms with E-state index in [0.29, 0.717) is 17.1 Å². The van der Waals surface area contributed by atoms with Crippen LogP contribution in [0.4, 0.5) is 5.82 Å². The van der Waals surface area contributed by atoms with Crippen LogP contribution in [0.25, 0.3) is 0 Å². The topological polar surface area (TPSA) is 62.2 Å². The lowest BCUT2D eigenvalue weighted by Crippen LogP contribution is -2.14. The Hall–Kier alpha value is -1.85. The van der Waals surface area contributed by atoms with Crippen LogP contribution in [0.15, 0.2) is 42.6 Å². The predicted molar refractivity (Wildman–Crippen MR) is 86.6 cm³/mol. The molecule has 2 rings (SSSR count). The Morgan fingerprint density at radius 1 is 1.33 bits per heavy atom. The van der Waals surface area contributed by atoms with Crippen molar-refractivity contribution >= 4 is 23.5 Å². The fourth-order valence-corrected chi connectivity index (χ4v) is 2.59. The van der Waals surface area contributed by atoms with E-state index in [1.54, 1.807) is 24.0 Å². The van der Waals surface area contributed by atoms with Crippen molar-refractivity contribution in [1.29, 1.82) is 0 Å². The number of aryl methyl sites for hydroxylation is 1. The van der Waals surface area contributed by atoms with Gasteiger partial charge in [0.05, 0.1) is 6.61 Å². The predicted octanol–water partition coefficient (Wildman–Crippen LogP) is 2.87. The largest absolute Gasteiger partial charge is 0.396 e. The maximum atomic E-state index is 12.2. The highest BCUT2D eigenvalue weighted by Gasteiger charge is 2.09. The Morgan fingerprint density at radius 3 is 2.90 bits per heavy atom. The highest BCUT2D eigenvalue weighted by Crippen LogP contribution is 2.15. The number of aliphatic hydroxyl groups excluding tert-OH is 1. The molecule has 0 atom stereocenters. The molecule has 5 heteroatoms. The van der Waals surface area contributed by atoms with Gasteiger partial charge in [0.25, 0.3) is 5.91 Å². The lowest BCUT2D eigenvalue weighted by Gasteiger charge is -2.08. The molecule has 0 aliphatic carbocycles. The summed E-state index contributed by atoms with van der Waals surface area (Å²) < 4.78 is 0. The number of carbonyl (C=O) groups is 1. The van der Waals surface area contributed by atoms with Crippen molar-refractivity contribution in [2.75, 3.05) is 17.7 Å². The molecule has 0 bridgehead atoms. The third kappa shape index (κ3) is 4.58. The summed E-state index contributed by atoms with van der Waals surface area (Å²) in [6.07, 6.45) is 1.68. The van der Waals surface area contributed by atoms with Crippen LogP contribution in [0.2, 0.25) is 0 Å². The first kappa shape index (κ1) is 15.5. The Morgan fingerprint density at radius 2 is 2.14 bits per heavy atom. The zero-order chi connectivity index (χ0) is 15.1. The third-order valence-electron chi connectivity index (χ3n) is 2.96. The van der Waals surface area contributed by atoms with Gasteiger partial charge in [-0.15, -0.1) is 0 Å². The second kappa shape index (κ2) is 7.81. The van der Waals surface area contributed by atoms with E-state index < -0.39 is 0 Å². The van der Waals surface area contributed by atoms with Crippen molar-refractivity contribution in [3.8, 4) is 0 Å². The smallest absolute Gasteiger partial charge is 0.257 e. The van der Waals surface area contributed by atoms with Crippen molar-refractivity contribution < 1.29 is 9.90 Å². The average Bonchev–Trinajstić information content (AvgIpc) is 2.48. The highest BCUT2D eigenvalue weighted by atomic mass is 32.2. The molecule has 0 aliphatic heterocycles. The molecular formula is C16H18N2O2S. The molecule has 2 aromatic rings. The van der Waals surface area contributed by atoms with Gasteiger partial charge in [-0.05, 0) is 36.2 Å². The molecule has 0 saturated heterocycles. The fourth-order valence-electron chi connectivity index (χ4n) is 1.90. The van der Waals surface area contributed by atoms with E-state index in [1.807, 2.05) is 37.3 Å². The molecule has 1 amide bonds. The van der Waals surface area contributed by atoms with Gasteiger partial charge in [0, 0.05) is 23.3 Å². The second-order valence-electron chi connectivity index (χ2n) is 4.59. The van der Waals surface area contributed by atoms with Gasteiger partial charge >= 0.3 is 0 Å². The second-order valence-corrected chi connectivity index (χ2v) is 5.70. The number of aromatic nitrogens is 1. The molecule has 0 aliphatic rings. The number of aliphatic hydroxyl groups is 1. The molecule has 4 nitrogen and oxygen atoms in total. The average molecular weight is 302 g/mol. The van der Waals surface area contributed by atoms with Crippen LogP contribution >= 0.6 is 11.8 Å². The van der Waals surface area contributed by atoms with Gasteiger partial charge in [-0.25, -0.2) is 4.98 Å². The molecule has 1 aromatic heterocycles. The molecule has 110 valence electrons. The van der Waals surface area contributed by atoms with Crippen molar-refractivity contribution in [3.05, 3.63) is 59.3 Å². The number of thioether (sulfide) groups is 1. The molecule has 1 aromatic carbocycles. The number of rotatable bonds is 6. The van der Waals surface area contributed by atoms with E-state index >= 15 is 0 Å². The van der Waals surface area contributed by atoms with E-state index in [0.717, 1.165) is 16.9 Å². The highest BCUT2D eigenvalue weighted by molar-refractivity contribution is 7.98. The van der Waals surface area contributed by atoms with Crippen molar-refractivity contribution in [1.82, 2.24) is 4.98 Å². The van der Waals surface area contributed by atoms with E-state index in [2.05, 4.69) is 10.3 Å². The molecule has 1 heterocycles. The number of hydrogen-bond acceptors (Lipinski definition) is 4. The number of nitrogens with zero attached hydrogens (tertiary/aromatic N) is 1. The van der Waals surface area contributed by atoms with Crippen molar-refractivity contribution in [3.63, 3.8) is 0 Å². The molecular weight excluding hydrogens is 284 g/mol. The van der Waals surface area contributed by atoms with Gasteiger partial charge in [-0.3, -0.25) is 4.79 Å². The van der Waals surface area contributed by atoms with Crippen LogP contribution in [0, 0.1) is 6.92 Å². The molecule has 0 radical (unpaired) electrons. The van der Waals surface area contributed by atoms with Crippen LogP contribution in [-0.2, 0) is 5.75 Å². The lowest BCUT2D eigenvalue weighted by molar-refractivity contribution is 0.102. The molecule has 0 fully saturated rings. The van der Waals surface area contributed by atoms with Crippen LogP contribution in [-0.4, -0.2) is 28.4 Å². The summed E-state index contributed by atoms with van der Waals surface area (Å²) in [5.74, 6) is 1.88. The van der Waals surface area contributed by atoms with Gasteiger partial charge in [0.1, 0.15) is 5.82 Å². The van der Waals surface area contributed by atoms with Gasteiger partial charge in [-0.2, -0.15) is 11.8 Å². The number of anilines is 1. The quantitative estimate of drug-likeness (QED) is 0.806. The SMILES string of the molecule is Cc1ccccc1C(=O)Nc1cc(CSCCO)ccn1. The summed E-state index contributed by atoms with van der Waals surface area (Å²) in [7, 11) is 0. The zero-order valence-corrected chi connectivity index (χ0v) is 12.7. The molecule has 21 heavy (non-hydrogen) atoms.